The van der Waals surface area contributed by atoms with Crippen LogP contribution in [0.5, 0.6) is 0 Å². The molecular formula is C16H29N3O. The number of carbonyl (C=O) groups is 1. The maximum Gasteiger partial charge on any atom is 0.225 e. The van der Waals surface area contributed by atoms with Crippen molar-refractivity contribution in [3.63, 3.8) is 0 Å². The van der Waals surface area contributed by atoms with Crippen molar-refractivity contribution in [1.82, 2.24) is 9.80 Å². The Kier molecular flexibility index (Phi) is 4.32. The normalized spacial score (nSPS) is 38.8. The molecule has 1 saturated carbocycles. The molecule has 20 heavy (non-hydrogen) atoms. The molecule has 114 valence electrons. The Bertz CT molecular complexity index is 360. The number of carbonyl (C=O) groups excluding carboxylic acids is 1. The third-order valence-electron chi connectivity index (χ3n) is 5.93. The van der Waals surface area contributed by atoms with Gasteiger partial charge in [0.2, 0.25) is 5.91 Å². The number of hydrogen-bond donors (Lipinski definition) is 1. The molecule has 4 nitrogen and oxygen atoms in total. The fraction of sp³-hybridized carbons (Fsp3) is 0.938. The molecule has 2 saturated heterocycles. The van der Waals surface area contributed by atoms with Crippen molar-refractivity contribution in [3.8, 4) is 0 Å². The van der Waals surface area contributed by atoms with Crippen LogP contribution in [0.2, 0.25) is 0 Å². The van der Waals surface area contributed by atoms with Crippen LogP contribution >= 0.6 is 0 Å². The van der Waals surface area contributed by atoms with Gasteiger partial charge in [-0.3, -0.25) is 9.69 Å². The van der Waals surface area contributed by atoms with Crippen LogP contribution < -0.4 is 5.73 Å². The molecule has 2 aliphatic heterocycles. The van der Waals surface area contributed by atoms with Gasteiger partial charge in [-0.2, -0.15) is 0 Å². The Morgan fingerprint density at radius 3 is 2.75 bits per heavy atom. The van der Waals surface area contributed by atoms with E-state index in [4.69, 9.17) is 5.73 Å². The van der Waals surface area contributed by atoms with E-state index in [9.17, 15) is 4.79 Å². The predicted molar refractivity (Wildman–Crippen MR) is 80.3 cm³/mol. The molecule has 2 bridgehead atoms. The molecular weight excluding hydrogens is 250 g/mol. The summed E-state index contributed by atoms with van der Waals surface area (Å²) in [6, 6.07) is 1.31. The van der Waals surface area contributed by atoms with E-state index in [1.165, 1.54) is 25.7 Å². The maximum absolute atomic E-state index is 12.8. The minimum Gasteiger partial charge on any atom is -0.341 e. The van der Waals surface area contributed by atoms with Gasteiger partial charge in [0.05, 0.1) is 0 Å². The molecule has 3 fully saturated rings. The van der Waals surface area contributed by atoms with E-state index in [0.717, 1.165) is 38.9 Å². The van der Waals surface area contributed by atoms with Gasteiger partial charge in [-0.05, 0) is 58.0 Å². The van der Waals surface area contributed by atoms with E-state index in [-0.39, 0.29) is 5.92 Å². The summed E-state index contributed by atoms with van der Waals surface area (Å²) in [5, 5.41) is 0. The number of rotatable bonds is 2. The minimum absolute atomic E-state index is 0.249. The second-order valence-electron chi connectivity index (χ2n) is 7.09. The number of likely N-dealkylation sites (tertiary alicyclic amines) is 1. The van der Waals surface area contributed by atoms with Crippen LogP contribution in [0, 0.1) is 11.8 Å². The quantitative estimate of drug-likeness (QED) is 0.832. The lowest BCUT2D eigenvalue weighted by Gasteiger charge is -2.33. The van der Waals surface area contributed by atoms with Gasteiger partial charge in [0.15, 0.2) is 0 Å². The van der Waals surface area contributed by atoms with Crippen LogP contribution in [0.1, 0.15) is 44.9 Å². The molecule has 0 radical (unpaired) electrons. The van der Waals surface area contributed by atoms with Crippen LogP contribution in [-0.2, 0) is 4.79 Å². The highest BCUT2D eigenvalue weighted by molar-refractivity contribution is 5.79. The average Bonchev–Trinajstić information content (AvgIpc) is 2.71. The first-order chi connectivity index (χ1) is 9.69. The Morgan fingerprint density at radius 1 is 1.15 bits per heavy atom. The summed E-state index contributed by atoms with van der Waals surface area (Å²) in [5.41, 5.74) is 5.81. The molecule has 4 unspecified atom stereocenters. The smallest absolute Gasteiger partial charge is 0.225 e. The number of nitrogens with zero attached hydrogens (tertiary/aromatic N) is 2. The predicted octanol–water partition coefficient (Wildman–Crippen LogP) is 1.45. The van der Waals surface area contributed by atoms with Crippen molar-refractivity contribution in [3.05, 3.63) is 0 Å². The van der Waals surface area contributed by atoms with Crippen molar-refractivity contribution in [2.45, 2.75) is 57.0 Å². The lowest BCUT2D eigenvalue weighted by Crippen LogP contribution is -2.43. The van der Waals surface area contributed by atoms with Crippen molar-refractivity contribution >= 4 is 5.91 Å². The van der Waals surface area contributed by atoms with Crippen molar-refractivity contribution < 1.29 is 4.79 Å². The third-order valence-corrected chi connectivity index (χ3v) is 5.93. The molecule has 4 atom stereocenters. The highest BCUT2D eigenvalue weighted by Gasteiger charge is 2.38. The summed E-state index contributed by atoms with van der Waals surface area (Å²) in [6.45, 7) is 2.67. The van der Waals surface area contributed by atoms with Crippen molar-refractivity contribution in [2.24, 2.45) is 17.6 Å². The first kappa shape index (κ1) is 14.3. The first-order valence-corrected chi connectivity index (χ1v) is 8.39. The highest BCUT2D eigenvalue weighted by Crippen LogP contribution is 2.33. The van der Waals surface area contributed by atoms with Gasteiger partial charge in [0.1, 0.15) is 0 Å². The SMILES string of the molecule is CN1C2CCC1CN(C(=O)C1CCCC(CN)C1)CC2. The van der Waals surface area contributed by atoms with E-state index in [0.29, 0.717) is 23.9 Å². The van der Waals surface area contributed by atoms with Gasteiger partial charge in [-0.1, -0.05) is 6.42 Å². The number of fused-ring (bicyclic) bond motifs is 2. The van der Waals surface area contributed by atoms with E-state index < -0.39 is 0 Å². The van der Waals surface area contributed by atoms with Gasteiger partial charge in [-0.15, -0.1) is 0 Å². The fourth-order valence-electron chi connectivity index (χ4n) is 4.50. The number of hydrogen-bond acceptors (Lipinski definition) is 3. The Balaban J connectivity index is 1.62. The zero-order valence-electron chi connectivity index (χ0n) is 12.8. The van der Waals surface area contributed by atoms with Crippen LogP contribution in [-0.4, -0.2) is 54.5 Å². The van der Waals surface area contributed by atoms with E-state index in [1.54, 1.807) is 0 Å². The van der Waals surface area contributed by atoms with Gasteiger partial charge >= 0.3 is 0 Å². The summed E-state index contributed by atoms with van der Waals surface area (Å²) >= 11 is 0. The van der Waals surface area contributed by atoms with E-state index in [1.807, 2.05) is 0 Å². The second kappa shape index (κ2) is 6.02. The third kappa shape index (κ3) is 2.73. The summed E-state index contributed by atoms with van der Waals surface area (Å²) in [6.07, 6.45) is 8.24. The van der Waals surface area contributed by atoms with Crippen LogP contribution in [0.3, 0.4) is 0 Å². The average molecular weight is 279 g/mol. The zero-order chi connectivity index (χ0) is 14.1. The van der Waals surface area contributed by atoms with Gasteiger partial charge < -0.3 is 10.6 Å². The highest BCUT2D eigenvalue weighted by atomic mass is 16.2. The minimum atomic E-state index is 0.249. The molecule has 0 aromatic rings. The molecule has 2 heterocycles. The first-order valence-electron chi connectivity index (χ1n) is 8.39. The van der Waals surface area contributed by atoms with Gasteiger partial charge in [-0.25, -0.2) is 0 Å². The molecule has 4 heteroatoms. The van der Waals surface area contributed by atoms with Crippen molar-refractivity contribution in [2.75, 3.05) is 26.7 Å². The van der Waals surface area contributed by atoms with E-state index in [2.05, 4.69) is 16.8 Å². The summed E-state index contributed by atoms with van der Waals surface area (Å²) in [7, 11) is 2.24. The van der Waals surface area contributed by atoms with Crippen LogP contribution in [0.4, 0.5) is 0 Å². The zero-order valence-corrected chi connectivity index (χ0v) is 12.8. The summed E-state index contributed by atoms with van der Waals surface area (Å²) in [5.74, 6) is 1.24. The fourth-order valence-corrected chi connectivity index (χ4v) is 4.50. The molecule has 2 N–H and O–H groups in total. The topological polar surface area (TPSA) is 49.6 Å². The largest absolute Gasteiger partial charge is 0.341 e. The molecule has 0 spiro atoms. The second-order valence-corrected chi connectivity index (χ2v) is 7.09. The van der Waals surface area contributed by atoms with Crippen LogP contribution in [0.25, 0.3) is 0 Å². The Hall–Kier alpha value is -0.610. The van der Waals surface area contributed by atoms with Crippen molar-refractivity contribution in [1.29, 1.82) is 0 Å². The number of amides is 1. The maximum atomic E-state index is 12.8. The lowest BCUT2D eigenvalue weighted by atomic mass is 9.80. The molecule has 1 amide bonds. The summed E-state index contributed by atoms with van der Waals surface area (Å²) in [4.78, 5) is 17.5. The van der Waals surface area contributed by atoms with Gasteiger partial charge in [0.25, 0.3) is 0 Å². The summed E-state index contributed by atoms with van der Waals surface area (Å²) < 4.78 is 0. The molecule has 3 aliphatic rings. The number of likely N-dealkylation sites (N-methyl/N-ethyl adjacent to an activating group) is 1. The van der Waals surface area contributed by atoms with Crippen LogP contribution in [0.15, 0.2) is 0 Å². The standard InChI is InChI=1S/C16H29N3O/c1-18-14-5-6-15(18)11-19(8-7-14)16(20)13-4-2-3-12(9-13)10-17/h12-15H,2-11,17H2,1H3. The Morgan fingerprint density at radius 2 is 1.95 bits per heavy atom. The van der Waals surface area contributed by atoms with Gasteiger partial charge in [0, 0.05) is 31.1 Å². The molecule has 0 aromatic carbocycles. The van der Waals surface area contributed by atoms with E-state index >= 15 is 0 Å². The molecule has 1 aliphatic carbocycles. The lowest BCUT2D eigenvalue weighted by molar-refractivity contribution is -0.137. The molecule has 3 rings (SSSR count). The monoisotopic (exact) mass is 279 g/mol. The Labute approximate surface area is 122 Å². The number of nitrogens with two attached hydrogens (primary N) is 1. The molecule has 0 aromatic heterocycles.